The number of aromatic nitrogens is 2. The van der Waals surface area contributed by atoms with Gasteiger partial charge in [-0.15, -0.1) is 0 Å². The smallest absolute Gasteiger partial charge is 0.266 e. The van der Waals surface area contributed by atoms with Crippen LogP contribution in [0.2, 0.25) is 0 Å². The summed E-state index contributed by atoms with van der Waals surface area (Å²) in [5.74, 6) is 0.223. The highest BCUT2D eigenvalue weighted by atomic mass is 19.1. The lowest BCUT2D eigenvalue weighted by Crippen LogP contribution is -2.25. The Hall–Kier alpha value is -1.97. The first-order valence-corrected chi connectivity index (χ1v) is 7.00. The molecule has 0 amide bonds. The minimum absolute atomic E-state index is 0.119. The molecule has 20 heavy (non-hydrogen) atoms. The molecule has 2 unspecified atom stereocenters. The van der Waals surface area contributed by atoms with Crippen molar-refractivity contribution in [3.05, 3.63) is 52.8 Å². The fourth-order valence-corrected chi connectivity index (χ4v) is 2.77. The van der Waals surface area contributed by atoms with Crippen molar-refractivity contribution in [3.63, 3.8) is 0 Å². The predicted octanol–water partition coefficient (Wildman–Crippen LogP) is 3.05. The highest BCUT2D eigenvalue weighted by Gasteiger charge is 2.25. The average molecular weight is 272 g/mol. The van der Waals surface area contributed by atoms with Gasteiger partial charge in [0.15, 0.2) is 0 Å². The van der Waals surface area contributed by atoms with E-state index < -0.39 is 6.17 Å². The quantitative estimate of drug-likeness (QED) is 0.860. The van der Waals surface area contributed by atoms with Crippen LogP contribution in [0.25, 0.3) is 11.3 Å². The van der Waals surface area contributed by atoms with Crippen molar-refractivity contribution in [2.45, 2.75) is 32.0 Å². The molecule has 1 aliphatic rings. The van der Waals surface area contributed by atoms with E-state index in [1.165, 1.54) is 10.7 Å². The maximum Gasteiger partial charge on any atom is 0.266 e. The first kappa shape index (κ1) is 13.0. The molecule has 1 aromatic heterocycles. The molecule has 1 saturated carbocycles. The Labute approximate surface area is 117 Å². The maximum absolute atomic E-state index is 13.2. The lowest BCUT2D eigenvalue weighted by Gasteiger charge is -2.11. The van der Waals surface area contributed by atoms with Crippen molar-refractivity contribution in [2.24, 2.45) is 5.92 Å². The zero-order valence-corrected chi connectivity index (χ0v) is 11.2. The average Bonchev–Trinajstić information content (AvgIpc) is 2.88. The van der Waals surface area contributed by atoms with Crippen molar-refractivity contribution in [3.8, 4) is 11.3 Å². The third kappa shape index (κ3) is 2.79. The topological polar surface area (TPSA) is 34.9 Å². The summed E-state index contributed by atoms with van der Waals surface area (Å²) in [5, 5.41) is 4.41. The van der Waals surface area contributed by atoms with Crippen LogP contribution in [0.3, 0.4) is 0 Å². The Morgan fingerprint density at radius 3 is 2.65 bits per heavy atom. The van der Waals surface area contributed by atoms with Crippen molar-refractivity contribution < 1.29 is 4.39 Å². The molecule has 0 N–H and O–H groups in total. The van der Waals surface area contributed by atoms with Gasteiger partial charge in [0.25, 0.3) is 5.56 Å². The van der Waals surface area contributed by atoms with Gasteiger partial charge in [-0.05, 0) is 31.2 Å². The second kappa shape index (κ2) is 5.57. The molecule has 3 rings (SSSR count). The van der Waals surface area contributed by atoms with E-state index in [1.807, 2.05) is 30.3 Å². The Bertz CT molecular complexity index is 638. The molecule has 1 aromatic carbocycles. The fraction of sp³-hybridized carbons (Fsp3) is 0.375. The minimum Gasteiger partial charge on any atom is -0.268 e. The van der Waals surface area contributed by atoms with Gasteiger partial charge in [-0.25, -0.2) is 9.07 Å². The van der Waals surface area contributed by atoms with Crippen molar-refractivity contribution in [1.82, 2.24) is 9.78 Å². The summed E-state index contributed by atoms with van der Waals surface area (Å²) < 4.78 is 14.7. The highest BCUT2D eigenvalue weighted by molar-refractivity contribution is 5.57. The largest absolute Gasteiger partial charge is 0.268 e. The summed E-state index contributed by atoms with van der Waals surface area (Å²) in [7, 11) is 0. The van der Waals surface area contributed by atoms with Gasteiger partial charge in [-0.3, -0.25) is 4.79 Å². The molecule has 1 fully saturated rings. The molecule has 0 spiro atoms. The van der Waals surface area contributed by atoms with Crippen LogP contribution in [0.4, 0.5) is 4.39 Å². The summed E-state index contributed by atoms with van der Waals surface area (Å²) in [5.41, 5.74) is 1.64. The number of hydrogen-bond acceptors (Lipinski definition) is 2. The highest BCUT2D eigenvalue weighted by Crippen LogP contribution is 2.28. The van der Waals surface area contributed by atoms with Crippen molar-refractivity contribution in [1.29, 1.82) is 0 Å². The molecular weight excluding hydrogens is 255 g/mol. The van der Waals surface area contributed by atoms with Gasteiger partial charge in [0.2, 0.25) is 0 Å². The van der Waals surface area contributed by atoms with Crippen LogP contribution in [0.5, 0.6) is 0 Å². The van der Waals surface area contributed by atoms with E-state index in [9.17, 15) is 9.18 Å². The van der Waals surface area contributed by atoms with E-state index in [-0.39, 0.29) is 11.5 Å². The van der Waals surface area contributed by atoms with Gasteiger partial charge in [0, 0.05) is 18.2 Å². The number of nitrogens with zero attached hydrogens (tertiary/aromatic N) is 2. The van der Waals surface area contributed by atoms with E-state index in [0.29, 0.717) is 19.4 Å². The summed E-state index contributed by atoms with van der Waals surface area (Å²) >= 11 is 0. The van der Waals surface area contributed by atoms with Crippen LogP contribution in [0.15, 0.2) is 47.3 Å². The van der Waals surface area contributed by atoms with Gasteiger partial charge in [-0.1, -0.05) is 30.3 Å². The third-order valence-corrected chi connectivity index (χ3v) is 3.84. The molecule has 0 bridgehead atoms. The minimum atomic E-state index is -0.715. The first-order valence-electron chi connectivity index (χ1n) is 7.00. The normalized spacial score (nSPS) is 22.1. The number of halogens is 1. The van der Waals surface area contributed by atoms with Crippen molar-refractivity contribution in [2.75, 3.05) is 0 Å². The Morgan fingerprint density at radius 1 is 1.15 bits per heavy atom. The monoisotopic (exact) mass is 272 g/mol. The molecule has 2 aromatic rings. The molecule has 4 heteroatoms. The van der Waals surface area contributed by atoms with E-state index in [4.69, 9.17) is 0 Å². The van der Waals surface area contributed by atoms with Gasteiger partial charge in [0.1, 0.15) is 6.17 Å². The molecule has 1 aliphatic carbocycles. The van der Waals surface area contributed by atoms with Gasteiger partial charge < -0.3 is 0 Å². The number of alkyl halides is 1. The van der Waals surface area contributed by atoms with Crippen LogP contribution < -0.4 is 5.56 Å². The lowest BCUT2D eigenvalue weighted by atomic mass is 10.1. The lowest BCUT2D eigenvalue weighted by molar-refractivity contribution is 0.319. The molecule has 0 aliphatic heterocycles. The SMILES string of the molecule is O=c1ccc(-c2ccccc2)nn1CC1CCC(F)C1. The zero-order chi connectivity index (χ0) is 13.9. The van der Waals surface area contributed by atoms with Crippen molar-refractivity contribution >= 4 is 0 Å². The summed E-state index contributed by atoms with van der Waals surface area (Å²) in [4.78, 5) is 11.9. The Kier molecular flexibility index (Phi) is 3.63. The summed E-state index contributed by atoms with van der Waals surface area (Å²) in [6, 6.07) is 13.0. The maximum atomic E-state index is 13.2. The van der Waals surface area contributed by atoms with Gasteiger partial charge in [-0.2, -0.15) is 5.10 Å². The number of benzene rings is 1. The van der Waals surface area contributed by atoms with E-state index in [2.05, 4.69) is 5.10 Å². The second-order valence-corrected chi connectivity index (χ2v) is 5.38. The van der Waals surface area contributed by atoms with Gasteiger partial charge in [0.05, 0.1) is 5.69 Å². The summed E-state index contributed by atoms with van der Waals surface area (Å²) in [6.07, 6.45) is 1.28. The van der Waals surface area contributed by atoms with Crippen LogP contribution >= 0.6 is 0 Å². The fourth-order valence-electron chi connectivity index (χ4n) is 2.77. The standard InChI is InChI=1S/C16H17FN2O/c17-14-7-6-12(10-14)11-19-16(20)9-8-15(18-19)13-4-2-1-3-5-13/h1-5,8-9,12,14H,6-7,10-11H2. The second-order valence-electron chi connectivity index (χ2n) is 5.38. The Morgan fingerprint density at radius 2 is 1.95 bits per heavy atom. The molecule has 2 atom stereocenters. The van der Waals surface area contributed by atoms with Crippen LogP contribution in [0, 0.1) is 5.92 Å². The first-order chi connectivity index (χ1) is 9.72. The molecular formula is C16H17FN2O. The Balaban J connectivity index is 1.86. The zero-order valence-electron chi connectivity index (χ0n) is 11.2. The van der Waals surface area contributed by atoms with Crippen LogP contribution in [-0.4, -0.2) is 16.0 Å². The molecule has 0 saturated heterocycles. The number of rotatable bonds is 3. The van der Waals surface area contributed by atoms with E-state index in [0.717, 1.165) is 17.7 Å². The molecule has 3 nitrogen and oxygen atoms in total. The molecule has 0 radical (unpaired) electrons. The van der Waals surface area contributed by atoms with Gasteiger partial charge >= 0.3 is 0 Å². The predicted molar refractivity (Wildman–Crippen MR) is 76.2 cm³/mol. The van der Waals surface area contributed by atoms with Crippen LogP contribution in [-0.2, 0) is 6.54 Å². The van der Waals surface area contributed by atoms with E-state index >= 15 is 0 Å². The third-order valence-electron chi connectivity index (χ3n) is 3.84. The summed E-state index contributed by atoms with van der Waals surface area (Å²) in [6.45, 7) is 0.514. The number of hydrogen-bond donors (Lipinski definition) is 0. The molecule has 1 heterocycles. The van der Waals surface area contributed by atoms with Crippen LogP contribution in [0.1, 0.15) is 19.3 Å². The van der Waals surface area contributed by atoms with E-state index in [1.54, 1.807) is 6.07 Å². The molecule has 104 valence electrons.